The van der Waals surface area contributed by atoms with Gasteiger partial charge in [0.25, 0.3) is 5.56 Å². The SMILES string of the molecule is Cc1c(C(=O)COc2ccccc2)c(O)n(Cc2ccccc2Cl)c(=O)c1C#N. The molecule has 0 aliphatic rings. The van der Waals surface area contributed by atoms with Crippen LogP contribution in [0.4, 0.5) is 0 Å². The number of nitrogens with zero attached hydrogens (tertiary/aromatic N) is 2. The second kappa shape index (κ2) is 8.63. The van der Waals surface area contributed by atoms with Crippen molar-refractivity contribution in [2.24, 2.45) is 0 Å². The predicted molar refractivity (Wildman–Crippen MR) is 109 cm³/mol. The molecule has 1 heterocycles. The van der Waals surface area contributed by atoms with Crippen LogP contribution in [-0.4, -0.2) is 22.1 Å². The van der Waals surface area contributed by atoms with Gasteiger partial charge in [0.2, 0.25) is 11.7 Å². The van der Waals surface area contributed by atoms with E-state index < -0.39 is 17.2 Å². The van der Waals surface area contributed by atoms with Crippen LogP contribution in [0, 0.1) is 18.3 Å². The van der Waals surface area contributed by atoms with E-state index in [0.717, 1.165) is 4.57 Å². The Bertz CT molecular complexity index is 1160. The highest BCUT2D eigenvalue weighted by Gasteiger charge is 2.24. The number of benzene rings is 2. The molecule has 146 valence electrons. The van der Waals surface area contributed by atoms with Crippen LogP contribution in [0.15, 0.2) is 59.4 Å². The number of hydrogen-bond donors (Lipinski definition) is 1. The minimum absolute atomic E-state index is 0.0842. The number of carbonyl (C=O) groups is 1. The van der Waals surface area contributed by atoms with Crippen molar-refractivity contribution in [1.29, 1.82) is 5.26 Å². The van der Waals surface area contributed by atoms with Crippen molar-refractivity contribution in [3.63, 3.8) is 0 Å². The number of aromatic hydroxyl groups is 1. The molecule has 0 saturated heterocycles. The maximum absolute atomic E-state index is 12.8. The number of nitriles is 1. The van der Waals surface area contributed by atoms with Crippen LogP contribution in [0.25, 0.3) is 0 Å². The monoisotopic (exact) mass is 408 g/mol. The zero-order chi connectivity index (χ0) is 21.0. The molecular weight excluding hydrogens is 392 g/mol. The van der Waals surface area contributed by atoms with Gasteiger partial charge in [-0.15, -0.1) is 0 Å². The van der Waals surface area contributed by atoms with Gasteiger partial charge < -0.3 is 9.84 Å². The van der Waals surface area contributed by atoms with E-state index in [-0.39, 0.29) is 29.8 Å². The van der Waals surface area contributed by atoms with Gasteiger partial charge in [-0.05, 0) is 36.2 Å². The van der Waals surface area contributed by atoms with Crippen LogP contribution in [0.1, 0.15) is 27.0 Å². The van der Waals surface area contributed by atoms with Gasteiger partial charge in [0, 0.05) is 5.02 Å². The molecule has 0 saturated carbocycles. The molecule has 7 heteroatoms. The molecule has 2 aromatic carbocycles. The van der Waals surface area contributed by atoms with Crippen LogP contribution in [-0.2, 0) is 6.54 Å². The third-order valence-corrected chi connectivity index (χ3v) is 4.85. The van der Waals surface area contributed by atoms with E-state index in [2.05, 4.69) is 0 Å². The Kier molecular flexibility index (Phi) is 6.01. The van der Waals surface area contributed by atoms with E-state index >= 15 is 0 Å². The van der Waals surface area contributed by atoms with Gasteiger partial charge in [-0.1, -0.05) is 48.0 Å². The summed E-state index contributed by atoms with van der Waals surface area (Å²) in [5, 5.41) is 20.6. The maximum Gasteiger partial charge on any atom is 0.271 e. The summed E-state index contributed by atoms with van der Waals surface area (Å²) in [5.74, 6) is -0.579. The number of Topliss-reactive ketones (excluding diaryl/α,β-unsaturated/α-hetero) is 1. The average Bonchev–Trinajstić information content (AvgIpc) is 2.72. The molecule has 0 unspecified atom stereocenters. The number of carbonyl (C=O) groups excluding carboxylic acids is 1. The molecule has 3 rings (SSSR count). The third-order valence-electron chi connectivity index (χ3n) is 4.48. The third kappa shape index (κ3) is 4.15. The summed E-state index contributed by atoms with van der Waals surface area (Å²) in [4.78, 5) is 25.5. The van der Waals surface area contributed by atoms with Crippen molar-refractivity contribution in [2.45, 2.75) is 13.5 Å². The quantitative estimate of drug-likeness (QED) is 0.628. The van der Waals surface area contributed by atoms with Crippen molar-refractivity contribution < 1.29 is 14.6 Å². The Balaban J connectivity index is 2.03. The van der Waals surface area contributed by atoms with Crippen molar-refractivity contribution in [3.05, 3.63) is 92.2 Å². The number of hydrogen-bond acceptors (Lipinski definition) is 5. The summed E-state index contributed by atoms with van der Waals surface area (Å²) in [5.41, 5.74) is -0.338. The van der Waals surface area contributed by atoms with Crippen molar-refractivity contribution >= 4 is 17.4 Å². The normalized spacial score (nSPS) is 10.4. The molecule has 0 radical (unpaired) electrons. The molecule has 0 spiro atoms. The second-order valence-electron chi connectivity index (χ2n) is 6.32. The van der Waals surface area contributed by atoms with Gasteiger partial charge in [-0.2, -0.15) is 5.26 Å². The van der Waals surface area contributed by atoms with Gasteiger partial charge in [0.15, 0.2) is 6.61 Å². The largest absolute Gasteiger partial charge is 0.494 e. The molecule has 3 aromatic rings. The first-order valence-corrected chi connectivity index (χ1v) is 9.12. The van der Waals surface area contributed by atoms with Crippen LogP contribution >= 0.6 is 11.6 Å². The van der Waals surface area contributed by atoms with E-state index in [4.69, 9.17) is 16.3 Å². The zero-order valence-corrected chi connectivity index (χ0v) is 16.3. The topological polar surface area (TPSA) is 92.3 Å². The van der Waals surface area contributed by atoms with Gasteiger partial charge in [0.1, 0.15) is 17.4 Å². The van der Waals surface area contributed by atoms with E-state index in [1.807, 2.05) is 12.1 Å². The fraction of sp³-hybridized carbons (Fsp3) is 0.136. The lowest BCUT2D eigenvalue weighted by Crippen LogP contribution is -2.28. The number of aromatic nitrogens is 1. The van der Waals surface area contributed by atoms with Crippen molar-refractivity contribution in [1.82, 2.24) is 4.57 Å². The summed E-state index contributed by atoms with van der Waals surface area (Å²) < 4.78 is 6.44. The first-order valence-electron chi connectivity index (χ1n) is 8.75. The number of ether oxygens (including phenoxy) is 1. The van der Waals surface area contributed by atoms with Crippen LogP contribution < -0.4 is 10.3 Å². The predicted octanol–water partition coefficient (Wildman–Crippen LogP) is 3.70. The van der Waals surface area contributed by atoms with Gasteiger partial charge in [-0.25, -0.2) is 0 Å². The van der Waals surface area contributed by atoms with E-state index in [1.54, 1.807) is 48.5 Å². The van der Waals surface area contributed by atoms with E-state index in [0.29, 0.717) is 16.3 Å². The summed E-state index contributed by atoms with van der Waals surface area (Å²) in [7, 11) is 0. The Morgan fingerprint density at radius 3 is 2.48 bits per heavy atom. The summed E-state index contributed by atoms with van der Waals surface area (Å²) >= 11 is 6.15. The summed E-state index contributed by atoms with van der Waals surface area (Å²) in [6, 6.07) is 17.4. The summed E-state index contributed by atoms with van der Waals surface area (Å²) in [6.45, 7) is 1.02. The highest BCUT2D eigenvalue weighted by molar-refractivity contribution is 6.31. The Morgan fingerprint density at radius 2 is 1.83 bits per heavy atom. The van der Waals surface area contributed by atoms with Gasteiger partial charge in [-0.3, -0.25) is 14.2 Å². The number of para-hydroxylation sites is 1. The molecule has 0 bridgehead atoms. The standard InChI is InChI=1S/C22H17ClN2O4/c1-14-17(11-24)21(27)25(12-15-7-5-6-10-18(15)23)22(28)20(14)19(26)13-29-16-8-3-2-4-9-16/h2-10,28H,12-13H2,1H3. The van der Waals surface area contributed by atoms with Crippen LogP contribution in [0.5, 0.6) is 11.6 Å². The molecule has 1 aromatic heterocycles. The zero-order valence-electron chi connectivity index (χ0n) is 15.6. The highest BCUT2D eigenvalue weighted by atomic mass is 35.5. The van der Waals surface area contributed by atoms with E-state index in [1.165, 1.54) is 6.92 Å². The Hall–Kier alpha value is -3.56. The first kappa shape index (κ1) is 20.2. The van der Waals surface area contributed by atoms with Gasteiger partial charge >= 0.3 is 0 Å². The number of ketones is 1. The smallest absolute Gasteiger partial charge is 0.271 e. The molecular formula is C22H17ClN2O4. The lowest BCUT2D eigenvalue weighted by atomic mass is 10.0. The molecule has 6 nitrogen and oxygen atoms in total. The second-order valence-corrected chi connectivity index (χ2v) is 6.73. The minimum Gasteiger partial charge on any atom is -0.494 e. The first-order chi connectivity index (χ1) is 13.9. The fourth-order valence-corrected chi connectivity index (χ4v) is 3.16. The number of pyridine rings is 1. The molecule has 0 fully saturated rings. The van der Waals surface area contributed by atoms with E-state index in [9.17, 15) is 20.0 Å². The number of halogens is 1. The molecule has 0 aliphatic carbocycles. The lowest BCUT2D eigenvalue weighted by Gasteiger charge is -2.16. The van der Waals surface area contributed by atoms with Crippen molar-refractivity contribution in [2.75, 3.05) is 6.61 Å². The van der Waals surface area contributed by atoms with Gasteiger partial charge in [0.05, 0.1) is 12.1 Å². The average molecular weight is 409 g/mol. The minimum atomic E-state index is -0.692. The maximum atomic E-state index is 12.8. The Labute approximate surface area is 172 Å². The highest BCUT2D eigenvalue weighted by Crippen LogP contribution is 2.25. The molecule has 0 atom stereocenters. The van der Waals surface area contributed by atoms with Crippen LogP contribution in [0.3, 0.4) is 0 Å². The molecule has 1 N–H and O–H groups in total. The van der Waals surface area contributed by atoms with Crippen molar-refractivity contribution in [3.8, 4) is 17.7 Å². The molecule has 0 aliphatic heterocycles. The fourth-order valence-electron chi connectivity index (χ4n) is 2.97. The molecule has 29 heavy (non-hydrogen) atoms. The van der Waals surface area contributed by atoms with Crippen LogP contribution in [0.2, 0.25) is 5.02 Å². The summed E-state index contributed by atoms with van der Waals surface area (Å²) in [6.07, 6.45) is 0. The lowest BCUT2D eigenvalue weighted by molar-refractivity contribution is 0.0916. The molecule has 0 amide bonds. The number of rotatable bonds is 6. The Morgan fingerprint density at radius 1 is 1.17 bits per heavy atom.